The third-order valence-corrected chi connectivity index (χ3v) is 10.3. The summed E-state index contributed by atoms with van der Waals surface area (Å²) in [5.74, 6) is -0.272. The molecule has 0 saturated carbocycles. The van der Waals surface area contributed by atoms with E-state index in [0.717, 1.165) is 16.9 Å². The Hall–Kier alpha value is -0.420. The average Bonchev–Trinajstić information content (AvgIpc) is 2.40. The molecule has 0 fully saturated rings. The topological polar surface area (TPSA) is 49.4 Å². The van der Waals surface area contributed by atoms with Crippen LogP contribution in [0.5, 0.6) is 0 Å². The van der Waals surface area contributed by atoms with Crippen LogP contribution in [0, 0.1) is 6.92 Å². The van der Waals surface area contributed by atoms with Crippen molar-refractivity contribution in [3.05, 3.63) is 29.8 Å². The fourth-order valence-corrected chi connectivity index (χ4v) is 7.85. The number of rotatable bonds is 7. The molecule has 0 heterocycles. The van der Waals surface area contributed by atoms with Gasteiger partial charge in [-0.15, -0.1) is 0 Å². The van der Waals surface area contributed by atoms with Crippen LogP contribution in [-0.2, 0) is 9.36 Å². The molecule has 1 N–H and O–H groups in total. The normalized spacial score (nSPS) is 15.5. The van der Waals surface area contributed by atoms with Crippen molar-refractivity contribution in [3.63, 3.8) is 0 Å². The molecule has 0 aromatic heterocycles. The van der Waals surface area contributed by atoms with Crippen molar-refractivity contribution >= 4 is 35.9 Å². The molecule has 2 unspecified atom stereocenters. The minimum atomic E-state index is -3.01. The summed E-state index contributed by atoms with van der Waals surface area (Å²) in [6.07, 6.45) is 0.900. The van der Waals surface area contributed by atoms with Crippen molar-refractivity contribution in [2.75, 3.05) is 7.05 Å². The number of hydrogen-bond acceptors (Lipinski definition) is 4. The van der Waals surface area contributed by atoms with E-state index in [1.165, 1.54) is 30.3 Å². The highest BCUT2D eigenvalue weighted by molar-refractivity contribution is 8.58. The average molecular weight is 346 g/mol. The summed E-state index contributed by atoms with van der Waals surface area (Å²) in [6, 6.07) is 7.93. The van der Waals surface area contributed by atoms with Gasteiger partial charge in [0.25, 0.3) is 0 Å². The number of hydrogen-bond donors (Lipinski definition) is 1. The van der Waals surface area contributed by atoms with Crippen LogP contribution in [0.2, 0.25) is 0 Å². The van der Waals surface area contributed by atoms with Gasteiger partial charge in [-0.25, -0.2) is 0 Å². The van der Waals surface area contributed by atoms with Crippen molar-refractivity contribution in [2.45, 2.75) is 44.3 Å². The zero-order valence-electron chi connectivity index (χ0n) is 13.1. The van der Waals surface area contributed by atoms with E-state index in [2.05, 4.69) is 5.09 Å². The van der Waals surface area contributed by atoms with Crippen molar-refractivity contribution in [1.29, 1.82) is 0 Å². The third kappa shape index (κ3) is 5.70. The highest BCUT2D eigenvalue weighted by Gasteiger charge is 2.32. The van der Waals surface area contributed by atoms with E-state index in [1.54, 1.807) is 11.1 Å². The maximum Gasteiger partial charge on any atom is 0.304 e. The van der Waals surface area contributed by atoms with Gasteiger partial charge in [0.15, 0.2) is 0 Å². The zero-order valence-corrected chi connectivity index (χ0v) is 15.6. The van der Waals surface area contributed by atoms with Gasteiger partial charge >= 0.3 is 6.65 Å². The van der Waals surface area contributed by atoms with Crippen LogP contribution < -0.4 is 5.09 Å². The highest BCUT2D eigenvalue weighted by atomic mass is 32.7. The minimum absolute atomic E-state index is 0.211. The second kappa shape index (κ2) is 8.28. The highest BCUT2D eigenvalue weighted by Crippen LogP contribution is 2.62. The Balaban J connectivity index is 2.94. The molecule has 2 atom stereocenters. The Bertz CT molecular complexity index is 539. The smallest absolute Gasteiger partial charge is 0.286 e. The maximum absolute atomic E-state index is 13.1. The Morgan fingerprint density at radius 3 is 2.57 bits per heavy atom. The summed E-state index contributed by atoms with van der Waals surface area (Å²) in [7, 11) is 1.77. The van der Waals surface area contributed by atoms with Crippen LogP contribution in [0.15, 0.2) is 29.2 Å². The van der Waals surface area contributed by atoms with E-state index in [1.807, 2.05) is 45.0 Å². The first kappa shape index (κ1) is 18.6. The molecule has 1 aromatic carbocycles. The van der Waals surface area contributed by atoms with E-state index < -0.39 is 6.65 Å². The molecular weight excluding hydrogens is 323 g/mol. The number of amides is 1. The van der Waals surface area contributed by atoms with Crippen molar-refractivity contribution in [1.82, 2.24) is 9.16 Å². The largest absolute Gasteiger partial charge is 0.304 e. The Labute approximate surface area is 135 Å². The molecule has 0 bridgehead atoms. The molecule has 1 rings (SSSR count). The number of carbonyl (C=O) groups excluding carboxylic acids is 1. The van der Waals surface area contributed by atoms with E-state index in [-0.39, 0.29) is 11.2 Å². The van der Waals surface area contributed by atoms with Gasteiger partial charge in [-0.1, -0.05) is 43.4 Å². The van der Waals surface area contributed by atoms with Crippen LogP contribution in [0.4, 0.5) is 0 Å². The summed E-state index contributed by atoms with van der Waals surface area (Å²) >= 11 is 2.74. The lowest BCUT2D eigenvalue weighted by Gasteiger charge is -2.28. The van der Waals surface area contributed by atoms with E-state index in [4.69, 9.17) is 0 Å². The Kier molecular flexibility index (Phi) is 7.34. The number of carbonyl (C=O) groups is 1. The molecule has 0 aliphatic heterocycles. The lowest BCUT2D eigenvalue weighted by atomic mass is 10.2. The molecule has 0 aliphatic carbocycles. The van der Waals surface area contributed by atoms with Crippen molar-refractivity contribution in [3.8, 4) is 0 Å². The van der Waals surface area contributed by atoms with Gasteiger partial charge in [0.2, 0.25) is 5.91 Å². The molecular formula is C14H23N2O2PS2. The number of nitrogens with zero attached hydrogens (tertiary/aromatic N) is 1. The van der Waals surface area contributed by atoms with Gasteiger partial charge in [-0.05, 0) is 36.9 Å². The zero-order chi connectivity index (χ0) is 16.0. The van der Waals surface area contributed by atoms with E-state index in [9.17, 15) is 9.36 Å². The van der Waals surface area contributed by atoms with E-state index >= 15 is 0 Å². The SMILES string of the molecule is CCC(C)SP(=O)(NC(C)=O)N(C)Sc1ccccc1C. The van der Waals surface area contributed by atoms with Crippen molar-refractivity contribution < 1.29 is 9.36 Å². The second-order valence-corrected chi connectivity index (χ2v) is 11.3. The monoisotopic (exact) mass is 346 g/mol. The molecule has 4 nitrogen and oxygen atoms in total. The first-order valence-electron chi connectivity index (χ1n) is 6.83. The van der Waals surface area contributed by atoms with Gasteiger partial charge in [0, 0.05) is 24.1 Å². The molecule has 118 valence electrons. The number of benzene rings is 1. The molecule has 21 heavy (non-hydrogen) atoms. The van der Waals surface area contributed by atoms with Gasteiger partial charge in [-0.3, -0.25) is 14.4 Å². The quantitative estimate of drug-likeness (QED) is 0.572. The molecule has 1 amide bonds. The van der Waals surface area contributed by atoms with Gasteiger partial charge in [0.05, 0.1) is 0 Å². The van der Waals surface area contributed by atoms with Crippen LogP contribution in [0.3, 0.4) is 0 Å². The molecule has 0 aliphatic rings. The van der Waals surface area contributed by atoms with Crippen LogP contribution in [-0.4, -0.2) is 22.3 Å². The summed E-state index contributed by atoms with van der Waals surface area (Å²) in [6.45, 7) is 4.47. The Morgan fingerprint density at radius 2 is 2.05 bits per heavy atom. The molecule has 0 spiro atoms. The summed E-state index contributed by atoms with van der Waals surface area (Å²) < 4.78 is 14.8. The van der Waals surface area contributed by atoms with Gasteiger partial charge in [-0.2, -0.15) is 4.08 Å². The van der Waals surface area contributed by atoms with Crippen LogP contribution >= 0.6 is 30.0 Å². The standard InChI is InChI=1S/C14H23N2O2PS2/c1-6-12(3)21-19(18,15-13(4)17)16(5)20-14-10-8-7-9-11(14)2/h7-10,12H,6H2,1-5H3,(H,15,17,18). The van der Waals surface area contributed by atoms with Crippen molar-refractivity contribution in [2.24, 2.45) is 0 Å². The second-order valence-electron chi connectivity index (χ2n) is 4.83. The fraction of sp³-hybridized carbons (Fsp3) is 0.500. The fourth-order valence-electron chi connectivity index (χ4n) is 1.54. The summed E-state index contributed by atoms with van der Waals surface area (Å²) in [5.41, 5.74) is 1.12. The lowest BCUT2D eigenvalue weighted by Crippen LogP contribution is -2.23. The van der Waals surface area contributed by atoms with Crippen LogP contribution in [0.25, 0.3) is 0 Å². The van der Waals surface area contributed by atoms with E-state index in [0.29, 0.717) is 0 Å². The third-order valence-electron chi connectivity index (χ3n) is 2.89. The minimum Gasteiger partial charge on any atom is -0.286 e. The van der Waals surface area contributed by atoms with Gasteiger partial charge < -0.3 is 0 Å². The molecule has 0 saturated heterocycles. The summed E-state index contributed by atoms with van der Waals surface area (Å²) in [5, 5.41) is 2.86. The number of aryl methyl sites for hydroxylation is 1. The number of nitrogens with one attached hydrogen (secondary N) is 1. The Morgan fingerprint density at radius 1 is 1.43 bits per heavy atom. The predicted molar refractivity (Wildman–Crippen MR) is 93.6 cm³/mol. The van der Waals surface area contributed by atoms with Crippen LogP contribution in [0.1, 0.15) is 32.8 Å². The first-order valence-corrected chi connectivity index (χ1v) is 10.8. The maximum atomic E-state index is 13.1. The predicted octanol–water partition coefficient (Wildman–Crippen LogP) is 4.71. The lowest BCUT2D eigenvalue weighted by molar-refractivity contribution is -0.117. The first-order chi connectivity index (χ1) is 9.78. The molecule has 0 radical (unpaired) electrons. The summed E-state index contributed by atoms with van der Waals surface area (Å²) in [4.78, 5) is 12.5. The van der Waals surface area contributed by atoms with Gasteiger partial charge in [0.1, 0.15) is 0 Å². The molecule has 7 heteroatoms. The molecule has 1 aromatic rings.